The van der Waals surface area contributed by atoms with Gasteiger partial charge in [0, 0.05) is 13.0 Å². The van der Waals surface area contributed by atoms with Gasteiger partial charge in [0.1, 0.15) is 17.9 Å². The number of rotatable bonds is 6. The average molecular weight is 289 g/mol. The summed E-state index contributed by atoms with van der Waals surface area (Å²) in [7, 11) is 1.64. The van der Waals surface area contributed by atoms with Crippen LogP contribution >= 0.6 is 0 Å². The fourth-order valence-corrected chi connectivity index (χ4v) is 2.28. The van der Waals surface area contributed by atoms with Crippen molar-refractivity contribution < 1.29 is 9.84 Å². The number of hydrogen-bond donors (Lipinski definition) is 1. The van der Waals surface area contributed by atoms with Gasteiger partial charge in [0.2, 0.25) is 0 Å². The number of aromatic nitrogens is 3. The van der Waals surface area contributed by atoms with Crippen LogP contribution in [0.5, 0.6) is 5.75 Å². The van der Waals surface area contributed by atoms with Crippen molar-refractivity contribution in [2.24, 2.45) is 5.92 Å². The molecule has 0 saturated carbocycles. The highest BCUT2D eigenvalue weighted by atomic mass is 16.5. The van der Waals surface area contributed by atoms with E-state index in [4.69, 9.17) is 4.74 Å². The molecule has 114 valence electrons. The molecule has 5 heteroatoms. The predicted octanol–water partition coefficient (Wildman–Crippen LogP) is 2.53. The molecule has 5 nitrogen and oxygen atoms in total. The third kappa shape index (κ3) is 3.82. The minimum Gasteiger partial charge on any atom is -0.496 e. The van der Waals surface area contributed by atoms with Crippen LogP contribution in [0.4, 0.5) is 0 Å². The number of nitrogens with zero attached hydrogens (tertiary/aromatic N) is 3. The molecule has 1 atom stereocenters. The van der Waals surface area contributed by atoms with Gasteiger partial charge >= 0.3 is 0 Å². The van der Waals surface area contributed by atoms with Crippen LogP contribution in [0.2, 0.25) is 0 Å². The van der Waals surface area contributed by atoms with Crippen LogP contribution in [0, 0.1) is 12.8 Å². The van der Waals surface area contributed by atoms with E-state index < -0.39 is 6.10 Å². The van der Waals surface area contributed by atoms with Crippen molar-refractivity contribution in [3.05, 3.63) is 41.5 Å². The Morgan fingerprint density at radius 2 is 2.10 bits per heavy atom. The van der Waals surface area contributed by atoms with Crippen molar-refractivity contribution in [2.45, 2.75) is 39.8 Å². The van der Waals surface area contributed by atoms with E-state index >= 15 is 0 Å². The Morgan fingerprint density at radius 1 is 1.33 bits per heavy atom. The van der Waals surface area contributed by atoms with Crippen LogP contribution in [0.15, 0.2) is 24.5 Å². The molecule has 0 amide bonds. The van der Waals surface area contributed by atoms with Gasteiger partial charge in [-0.05, 0) is 30.0 Å². The van der Waals surface area contributed by atoms with Crippen LogP contribution in [0.1, 0.15) is 36.9 Å². The molecule has 0 spiro atoms. The van der Waals surface area contributed by atoms with Crippen molar-refractivity contribution in [1.82, 2.24) is 14.8 Å². The highest BCUT2D eigenvalue weighted by Gasteiger charge is 2.15. The maximum atomic E-state index is 10.4. The van der Waals surface area contributed by atoms with Gasteiger partial charge in [0.25, 0.3) is 0 Å². The standard InChI is InChI=1S/C16H23N3O2/c1-11(2)9-19-16(17-10-18-19)8-14(20)13-6-5-12(3)15(7-13)21-4/h5-7,10-11,14,20H,8-9H2,1-4H3. The fraction of sp³-hybridized carbons (Fsp3) is 0.500. The number of aryl methyl sites for hydroxylation is 1. The summed E-state index contributed by atoms with van der Waals surface area (Å²) in [6.45, 7) is 7.05. The fourth-order valence-electron chi connectivity index (χ4n) is 2.28. The van der Waals surface area contributed by atoms with Crippen LogP contribution < -0.4 is 4.74 Å². The van der Waals surface area contributed by atoms with E-state index in [1.807, 2.05) is 29.8 Å². The van der Waals surface area contributed by atoms with Gasteiger partial charge < -0.3 is 9.84 Å². The molecule has 0 bridgehead atoms. The Balaban J connectivity index is 2.14. The van der Waals surface area contributed by atoms with Crippen molar-refractivity contribution >= 4 is 0 Å². The zero-order valence-electron chi connectivity index (χ0n) is 13.1. The lowest BCUT2D eigenvalue weighted by Crippen LogP contribution is -2.13. The summed E-state index contributed by atoms with van der Waals surface area (Å²) in [5, 5.41) is 14.6. The number of aliphatic hydroxyl groups is 1. The molecule has 1 heterocycles. The summed E-state index contributed by atoms with van der Waals surface area (Å²) in [4.78, 5) is 4.26. The molecule has 21 heavy (non-hydrogen) atoms. The Morgan fingerprint density at radius 3 is 2.76 bits per heavy atom. The SMILES string of the molecule is COc1cc(C(O)Cc2ncnn2CC(C)C)ccc1C. The van der Waals surface area contributed by atoms with Crippen LogP contribution in [0.25, 0.3) is 0 Å². The van der Waals surface area contributed by atoms with Gasteiger partial charge in [-0.2, -0.15) is 5.10 Å². The van der Waals surface area contributed by atoms with E-state index in [0.717, 1.165) is 29.2 Å². The van der Waals surface area contributed by atoms with Crippen molar-refractivity contribution in [1.29, 1.82) is 0 Å². The number of ether oxygens (including phenoxy) is 1. The molecule has 0 aliphatic rings. The van der Waals surface area contributed by atoms with E-state index in [0.29, 0.717) is 12.3 Å². The molecular formula is C16H23N3O2. The molecule has 0 saturated heterocycles. The molecular weight excluding hydrogens is 266 g/mol. The molecule has 0 fully saturated rings. The summed E-state index contributed by atoms with van der Waals surface area (Å²) in [6, 6.07) is 5.76. The van der Waals surface area contributed by atoms with Crippen LogP contribution in [0.3, 0.4) is 0 Å². The van der Waals surface area contributed by atoms with Gasteiger partial charge in [-0.1, -0.05) is 26.0 Å². The quantitative estimate of drug-likeness (QED) is 0.887. The monoisotopic (exact) mass is 289 g/mol. The van der Waals surface area contributed by atoms with E-state index in [2.05, 4.69) is 23.9 Å². The van der Waals surface area contributed by atoms with Crippen molar-refractivity contribution in [3.8, 4) is 5.75 Å². The minimum atomic E-state index is -0.616. The van der Waals surface area contributed by atoms with Gasteiger partial charge in [0.05, 0.1) is 13.2 Å². The number of methoxy groups -OCH3 is 1. The van der Waals surface area contributed by atoms with Crippen molar-refractivity contribution in [2.75, 3.05) is 7.11 Å². The third-order valence-electron chi connectivity index (χ3n) is 3.43. The van der Waals surface area contributed by atoms with Gasteiger partial charge in [-0.15, -0.1) is 0 Å². The Bertz CT molecular complexity index is 593. The maximum absolute atomic E-state index is 10.4. The van der Waals surface area contributed by atoms with E-state index in [1.54, 1.807) is 13.4 Å². The normalized spacial score (nSPS) is 12.7. The predicted molar refractivity (Wildman–Crippen MR) is 81.3 cm³/mol. The Kier molecular flexibility index (Phi) is 4.96. The van der Waals surface area contributed by atoms with Gasteiger partial charge in [-0.25, -0.2) is 9.67 Å². The molecule has 1 aromatic carbocycles. The topological polar surface area (TPSA) is 60.2 Å². The first-order valence-electron chi connectivity index (χ1n) is 7.20. The molecule has 2 rings (SSSR count). The van der Waals surface area contributed by atoms with Crippen LogP contribution in [-0.4, -0.2) is 27.0 Å². The van der Waals surface area contributed by atoms with E-state index in [-0.39, 0.29) is 0 Å². The summed E-state index contributed by atoms with van der Waals surface area (Å²) in [6.07, 6.45) is 1.37. The second-order valence-electron chi connectivity index (χ2n) is 5.70. The Hall–Kier alpha value is -1.88. The maximum Gasteiger partial charge on any atom is 0.138 e. The summed E-state index contributed by atoms with van der Waals surface area (Å²) < 4.78 is 7.16. The van der Waals surface area contributed by atoms with Crippen LogP contribution in [-0.2, 0) is 13.0 Å². The highest BCUT2D eigenvalue weighted by molar-refractivity contribution is 5.37. The summed E-state index contributed by atoms with van der Waals surface area (Å²) >= 11 is 0. The van der Waals surface area contributed by atoms with E-state index in [9.17, 15) is 5.11 Å². The van der Waals surface area contributed by atoms with Gasteiger partial charge in [-0.3, -0.25) is 0 Å². The molecule has 1 aromatic heterocycles. The highest BCUT2D eigenvalue weighted by Crippen LogP contribution is 2.25. The molecule has 0 aliphatic carbocycles. The summed E-state index contributed by atoms with van der Waals surface area (Å²) in [5.41, 5.74) is 1.88. The summed E-state index contributed by atoms with van der Waals surface area (Å²) in [5.74, 6) is 2.08. The Labute approximate surface area is 125 Å². The number of benzene rings is 1. The second-order valence-corrected chi connectivity index (χ2v) is 5.70. The lowest BCUT2D eigenvalue weighted by Gasteiger charge is -2.14. The zero-order chi connectivity index (χ0) is 15.4. The first kappa shape index (κ1) is 15.5. The lowest BCUT2D eigenvalue weighted by atomic mass is 10.0. The first-order valence-corrected chi connectivity index (χ1v) is 7.20. The minimum absolute atomic E-state index is 0.443. The number of aliphatic hydroxyl groups excluding tert-OH is 1. The first-order chi connectivity index (χ1) is 10.0. The number of hydrogen-bond acceptors (Lipinski definition) is 4. The van der Waals surface area contributed by atoms with E-state index in [1.165, 1.54) is 0 Å². The average Bonchev–Trinajstić information content (AvgIpc) is 2.85. The largest absolute Gasteiger partial charge is 0.496 e. The van der Waals surface area contributed by atoms with Crippen molar-refractivity contribution in [3.63, 3.8) is 0 Å². The third-order valence-corrected chi connectivity index (χ3v) is 3.43. The zero-order valence-corrected chi connectivity index (χ0v) is 13.1. The lowest BCUT2D eigenvalue weighted by molar-refractivity contribution is 0.173. The second kappa shape index (κ2) is 6.72. The molecule has 1 N–H and O–H groups in total. The smallest absolute Gasteiger partial charge is 0.138 e. The molecule has 0 aliphatic heterocycles. The molecule has 1 unspecified atom stereocenters. The molecule has 0 radical (unpaired) electrons. The van der Waals surface area contributed by atoms with Gasteiger partial charge in [0.15, 0.2) is 0 Å². The molecule has 2 aromatic rings.